The molecule has 3 fully saturated rings. The van der Waals surface area contributed by atoms with Crippen molar-refractivity contribution in [3.8, 4) is 0 Å². The van der Waals surface area contributed by atoms with Crippen LogP contribution in [0.1, 0.15) is 78.6 Å². The summed E-state index contributed by atoms with van der Waals surface area (Å²) < 4.78 is 0. The molecule has 4 aliphatic carbocycles. The zero-order valence-corrected chi connectivity index (χ0v) is 15.7. The van der Waals surface area contributed by atoms with Crippen molar-refractivity contribution in [3.05, 3.63) is 11.6 Å². The Kier molecular flexibility index (Phi) is 3.99. The van der Waals surface area contributed by atoms with Crippen LogP contribution in [0.25, 0.3) is 0 Å². The van der Waals surface area contributed by atoms with Gasteiger partial charge in [-0.25, -0.2) is 0 Å². The minimum Gasteiger partial charge on any atom is -0.393 e. The van der Waals surface area contributed by atoms with Gasteiger partial charge in [-0.15, -0.1) is 0 Å². The van der Waals surface area contributed by atoms with Gasteiger partial charge in [-0.2, -0.15) is 0 Å². The van der Waals surface area contributed by atoms with Crippen LogP contribution in [0.5, 0.6) is 0 Å². The van der Waals surface area contributed by atoms with E-state index in [1.165, 1.54) is 32.1 Å². The average molecular weight is 331 g/mol. The van der Waals surface area contributed by atoms with E-state index in [-0.39, 0.29) is 11.5 Å². The Morgan fingerprint density at radius 3 is 2.62 bits per heavy atom. The number of carbonyl (C=O) groups is 1. The minimum atomic E-state index is -0.122. The molecule has 24 heavy (non-hydrogen) atoms. The van der Waals surface area contributed by atoms with Gasteiger partial charge in [0.05, 0.1) is 6.10 Å². The Morgan fingerprint density at radius 1 is 1.08 bits per heavy atom. The second kappa shape index (κ2) is 5.69. The van der Waals surface area contributed by atoms with Gasteiger partial charge in [-0.1, -0.05) is 25.5 Å². The second-order valence-corrected chi connectivity index (χ2v) is 9.78. The molecular formula is C22H34O2. The number of aliphatic hydroxyl groups excluding tert-OH is 1. The summed E-state index contributed by atoms with van der Waals surface area (Å²) >= 11 is 0. The number of ketones is 1. The number of hydrogen-bond donors (Lipinski definition) is 1. The van der Waals surface area contributed by atoms with Crippen molar-refractivity contribution in [1.29, 1.82) is 0 Å². The molecule has 0 saturated heterocycles. The van der Waals surface area contributed by atoms with Crippen LogP contribution in [0.3, 0.4) is 0 Å². The third-order valence-electron chi connectivity index (χ3n) is 8.82. The highest BCUT2D eigenvalue weighted by atomic mass is 16.3. The van der Waals surface area contributed by atoms with Crippen molar-refractivity contribution in [3.63, 3.8) is 0 Å². The van der Waals surface area contributed by atoms with Gasteiger partial charge in [0.15, 0.2) is 0 Å². The van der Waals surface area contributed by atoms with Gasteiger partial charge in [-0.3, -0.25) is 4.79 Å². The van der Waals surface area contributed by atoms with Crippen molar-refractivity contribution >= 4 is 5.78 Å². The van der Waals surface area contributed by atoms with E-state index in [1.807, 2.05) is 6.92 Å². The highest BCUT2D eigenvalue weighted by molar-refractivity contribution is 5.79. The molecule has 0 amide bonds. The standard InChI is InChI=1S/C22H34O2/c1-14(23)18-7-8-19-17-6-4-5-15-13-16(24)9-11-21(15,2)20(17)10-12-22(18,19)3/h5,16-20,24H,4,6-13H2,1-3H3/t16?,17-,18-,19+,20+,21+,22-/m1/s1. The summed E-state index contributed by atoms with van der Waals surface area (Å²) in [6, 6.07) is 0. The SMILES string of the molecule is CC(=O)[C@H]1CC[C@H]2[C@H]3CCC=C4CC(O)CC[C@]4(C)[C@H]3CC[C@]12C. The molecule has 0 spiro atoms. The van der Waals surface area contributed by atoms with Gasteiger partial charge in [0.2, 0.25) is 0 Å². The molecule has 0 aliphatic heterocycles. The van der Waals surface area contributed by atoms with Gasteiger partial charge >= 0.3 is 0 Å². The Morgan fingerprint density at radius 2 is 1.88 bits per heavy atom. The molecule has 4 rings (SSSR count). The van der Waals surface area contributed by atoms with Crippen molar-refractivity contribution in [2.24, 2.45) is 34.5 Å². The first-order valence-corrected chi connectivity index (χ1v) is 10.2. The van der Waals surface area contributed by atoms with Crippen LogP contribution >= 0.6 is 0 Å². The summed E-state index contributed by atoms with van der Waals surface area (Å²) in [6.07, 6.45) is 12.7. The van der Waals surface area contributed by atoms with Gasteiger partial charge in [-0.05, 0) is 93.3 Å². The number of rotatable bonds is 1. The highest BCUT2D eigenvalue weighted by Crippen LogP contribution is 2.65. The predicted octanol–water partition coefficient (Wildman–Crippen LogP) is 4.91. The van der Waals surface area contributed by atoms with E-state index >= 15 is 0 Å². The van der Waals surface area contributed by atoms with E-state index < -0.39 is 0 Å². The van der Waals surface area contributed by atoms with E-state index in [1.54, 1.807) is 5.57 Å². The number of fused-ring (bicyclic) bond motifs is 5. The maximum absolute atomic E-state index is 12.2. The van der Waals surface area contributed by atoms with Crippen molar-refractivity contribution in [2.75, 3.05) is 0 Å². The topological polar surface area (TPSA) is 37.3 Å². The summed E-state index contributed by atoms with van der Waals surface area (Å²) in [6.45, 7) is 6.74. The summed E-state index contributed by atoms with van der Waals surface area (Å²) in [5.41, 5.74) is 2.11. The fourth-order valence-corrected chi connectivity index (χ4v) is 7.56. The number of Topliss-reactive ketones (excluding diaryl/α,β-unsaturated/α-hetero) is 1. The Balaban J connectivity index is 1.66. The molecule has 134 valence electrons. The highest BCUT2D eigenvalue weighted by Gasteiger charge is 2.58. The molecule has 0 bridgehead atoms. The van der Waals surface area contributed by atoms with E-state index in [2.05, 4.69) is 19.9 Å². The molecule has 2 nitrogen and oxygen atoms in total. The lowest BCUT2D eigenvalue weighted by Crippen LogP contribution is -2.48. The maximum Gasteiger partial charge on any atom is 0.133 e. The van der Waals surface area contributed by atoms with Crippen LogP contribution in [-0.4, -0.2) is 17.0 Å². The third-order valence-corrected chi connectivity index (χ3v) is 8.82. The quantitative estimate of drug-likeness (QED) is 0.694. The molecule has 0 heterocycles. The van der Waals surface area contributed by atoms with E-state index in [9.17, 15) is 9.90 Å². The van der Waals surface area contributed by atoms with Crippen molar-refractivity contribution in [2.45, 2.75) is 84.7 Å². The summed E-state index contributed by atoms with van der Waals surface area (Å²) in [4.78, 5) is 12.2. The lowest BCUT2D eigenvalue weighted by Gasteiger charge is -2.55. The molecular weight excluding hydrogens is 296 g/mol. The van der Waals surface area contributed by atoms with Crippen molar-refractivity contribution < 1.29 is 9.90 Å². The van der Waals surface area contributed by atoms with Crippen LogP contribution in [0.15, 0.2) is 11.6 Å². The van der Waals surface area contributed by atoms with E-state index in [0.717, 1.165) is 43.4 Å². The van der Waals surface area contributed by atoms with Gasteiger partial charge in [0.1, 0.15) is 5.78 Å². The Hall–Kier alpha value is -0.630. The zero-order valence-electron chi connectivity index (χ0n) is 15.7. The van der Waals surface area contributed by atoms with Gasteiger partial charge in [0.25, 0.3) is 0 Å². The Bertz CT molecular complexity index is 564. The molecule has 3 saturated carbocycles. The minimum absolute atomic E-state index is 0.122. The first kappa shape index (κ1) is 16.8. The molecule has 7 atom stereocenters. The fraction of sp³-hybridized carbons (Fsp3) is 0.864. The smallest absolute Gasteiger partial charge is 0.133 e. The lowest BCUT2D eigenvalue weighted by atomic mass is 9.50. The summed E-state index contributed by atoms with van der Waals surface area (Å²) in [7, 11) is 0. The van der Waals surface area contributed by atoms with Gasteiger partial charge < -0.3 is 5.11 Å². The zero-order chi connectivity index (χ0) is 17.1. The summed E-state index contributed by atoms with van der Waals surface area (Å²) in [5.74, 6) is 3.02. The normalized spacial score (nSPS) is 51.0. The monoisotopic (exact) mass is 330 g/mol. The molecule has 0 aromatic heterocycles. The number of allylic oxidation sites excluding steroid dienone is 1. The first-order valence-electron chi connectivity index (χ1n) is 10.2. The van der Waals surface area contributed by atoms with Crippen molar-refractivity contribution in [1.82, 2.24) is 0 Å². The van der Waals surface area contributed by atoms with E-state index in [0.29, 0.717) is 17.1 Å². The first-order chi connectivity index (χ1) is 11.4. The van der Waals surface area contributed by atoms with Gasteiger partial charge in [0, 0.05) is 5.92 Å². The largest absolute Gasteiger partial charge is 0.393 e. The maximum atomic E-state index is 12.2. The molecule has 4 aliphatic rings. The van der Waals surface area contributed by atoms with Crippen LogP contribution in [0.4, 0.5) is 0 Å². The van der Waals surface area contributed by atoms with Crippen LogP contribution in [0.2, 0.25) is 0 Å². The second-order valence-electron chi connectivity index (χ2n) is 9.78. The van der Waals surface area contributed by atoms with E-state index in [4.69, 9.17) is 0 Å². The number of hydrogen-bond acceptors (Lipinski definition) is 2. The molecule has 1 N–H and O–H groups in total. The average Bonchev–Trinajstić information content (AvgIpc) is 2.81. The predicted molar refractivity (Wildman–Crippen MR) is 96.5 cm³/mol. The number of aliphatic hydroxyl groups is 1. The molecule has 1 unspecified atom stereocenters. The fourth-order valence-electron chi connectivity index (χ4n) is 7.56. The third kappa shape index (κ3) is 2.28. The number of carbonyl (C=O) groups excluding carboxylic acids is 1. The molecule has 2 heteroatoms. The summed E-state index contributed by atoms with van der Waals surface area (Å²) in [5, 5.41) is 10.2. The lowest BCUT2D eigenvalue weighted by molar-refractivity contribution is -0.127. The molecule has 0 radical (unpaired) electrons. The Labute approximate surface area is 147 Å². The van der Waals surface area contributed by atoms with Crippen LogP contribution < -0.4 is 0 Å². The van der Waals surface area contributed by atoms with Crippen LogP contribution in [0, 0.1) is 34.5 Å². The molecule has 0 aromatic carbocycles. The van der Waals surface area contributed by atoms with Crippen LogP contribution in [-0.2, 0) is 4.79 Å². The molecule has 0 aromatic rings.